The molecule has 0 fully saturated rings. The van der Waals surface area contributed by atoms with Crippen molar-refractivity contribution in [2.24, 2.45) is 0 Å². The first-order chi connectivity index (χ1) is 5.11. The summed E-state index contributed by atoms with van der Waals surface area (Å²) in [6, 6.07) is 3.02. The zero-order valence-electron chi connectivity index (χ0n) is 6.44. The molecule has 1 aromatic rings. The van der Waals surface area contributed by atoms with E-state index in [1.165, 1.54) is 0 Å². The van der Waals surface area contributed by atoms with Crippen LogP contribution < -0.4 is 34.7 Å². The Morgan fingerprint density at radius 2 is 2.00 bits per heavy atom. The van der Waals surface area contributed by atoms with Gasteiger partial charge in [-0.2, -0.15) is 0 Å². The Bertz CT molecular complexity index is 297. The molecular formula is C7H5NaO4. The molecule has 58 valence electrons. The average molecular weight is 176 g/mol. The molecule has 0 saturated carbocycles. The van der Waals surface area contributed by atoms with Crippen LogP contribution in [0.1, 0.15) is 10.4 Å². The third-order valence-electron chi connectivity index (χ3n) is 1.20. The van der Waals surface area contributed by atoms with Crippen LogP contribution in [0.2, 0.25) is 0 Å². The number of hydrogen-bond donors (Lipinski definition) is 2. The molecule has 12 heavy (non-hydrogen) atoms. The fourth-order valence-corrected chi connectivity index (χ4v) is 0.692. The van der Waals surface area contributed by atoms with Gasteiger partial charge in [0.15, 0.2) is 0 Å². The van der Waals surface area contributed by atoms with Crippen LogP contribution in [-0.2, 0) is 0 Å². The maximum absolute atomic E-state index is 10.5. The molecule has 1 aromatic carbocycles. The van der Waals surface area contributed by atoms with Crippen LogP contribution in [-0.4, -0.2) is 16.2 Å². The molecule has 0 radical (unpaired) electrons. The van der Waals surface area contributed by atoms with Crippen molar-refractivity contribution >= 4 is 5.97 Å². The molecule has 0 amide bonds. The molecule has 2 N–H and O–H groups in total. The van der Waals surface area contributed by atoms with Crippen molar-refractivity contribution in [3.63, 3.8) is 0 Å². The second-order valence-corrected chi connectivity index (χ2v) is 1.98. The van der Waals surface area contributed by atoms with Crippen molar-refractivity contribution in [1.29, 1.82) is 0 Å². The van der Waals surface area contributed by atoms with Gasteiger partial charge < -0.3 is 15.3 Å². The summed E-state index contributed by atoms with van der Waals surface area (Å²) in [5, 5.41) is 27.8. The summed E-state index contributed by atoms with van der Waals surface area (Å²) in [5.41, 5.74) is -0.260. The molecule has 0 aliphatic heterocycles. The van der Waals surface area contributed by atoms with Crippen molar-refractivity contribution in [3.05, 3.63) is 23.8 Å². The Balaban J connectivity index is 0.00000121. The predicted molar refractivity (Wildman–Crippen MR) is 34.5 cm³/mol. The first-order valence-electron chi connectivity index (χ1n) is 2.84. The van der Waals surface area contributed by atoms with E-state index >= 15 is 0 Å². The summed E-state index contributed by atoms with van der Waals surface area (Å²) in [5.74, 6) is -2.15. The average Bonchev–Trinajstić information content (AvgIpc) is 1.85. The Hall–Kier alpha value is -0.710. The molecule has 0 bridgehead atoms. The van der Waals surface area contributed by atoms with Crippen LogP contribution >= 0.6 is 0 Å². The van der Waals surface area contributed by atoms with E-state index in [-0.39, 0.29) is 35.1 Å². The molecule has 1 rings (SSSR count). The molecule has 0 aliphatic carbocycles. The van der Waals surface area contributed by atoms with E-state index in [1.54, 1.807) is 0 Å². The SMILES string of the molecule is O=C(O)c1ccc([O-])cc1O.[Na+]. The van der Waals surface area contributed by atoms with Gasteiger partial charge in [0, 0.05) is 0 Å². The summed E-state index contributed by atoms with van der Waals surface area (Å²) in [4.78, 5) is 10.3. The van der Waals surface area contributed by atoms with Gasteiger partial charge in [0.2, 0.25) is 0 Å². The summed E-state index contributed by atoms with van der Waals surface area (Å²) in [7, 11) is 0. The topological polar surface area (TPSA) is 80.6 Å². The predicted octanol–water partition coefficient (Wildman–Crippen LogP) is -2.83. The van der Waals surface area contributed by atoms with Crippen LogP contribution in [0.5, 0.6) is 11.5 Å². The Labute approximate surface area is 90.8 Å². The number of hydrogen-bond acceptors (Lipinski definition) is 3. The normalized spacial score (nSPS) is 8.67. The van der Waals surface area contributed by atoms with E-state index in [0.717, 1.165) is 18.2 Å². The van der Waals surface area contributed by atoms with Crippen molar-refractivity contribution in [2.75, 3.05) is 0 Å². The Morgan fingerprint density at radius 3 is 2.42 bits per heavy atom. The number of rotatable bonds is 1. The largest absolute Gasteiger partial charge is 1.00 e. The van der Waals surface area contributed by atoms with Crippen molar-refractivity contribution < 1.29 is 49.7 Å². The second kappa shape index (κ2) is 4.35. The minimum Gasteiger partial charge on any atom is -0.872 e. The molecule has 4 nitrogen and oxygen atoms in total. The van der Waals surface area contributed by atoms with Crippen LogP contribution in [0.25, 0.3) is 0 Å². The number of aromatic carboxylic acids is 1. The van der Waals surface area contributed by atoms with Crippen molar-refractivity contribution in [3.8, 4) is 11.5 Å². The number of carboxylic acid groups (broad SMARTS) is 1. The van der Waals surface area contributed by atoms with Gasteiger partial charge in [-0.25, -0.2) is 4.79 Å². The Morgan fingerprint density at radius 1 is 1.42 bits per heavy atom. The molecule has 0 aliphatic rings. The van der Waals surface area contributed by atoms with Gasteiger partial charge >= 0.3 is 35.5 Å². The first kappa shape index (κ1) is 11.3. The van der Waals surface area contributed by atoms with E-state index in [2.05, 4.69) is 0 Å². The first-order valence-corrected chi connectivity index (χ1v) is 2.84. The van der Waals surface area contributed by atoms with Crippen LogP contribution in [0.15, 0.2) is 18.2 Å². The van der Waals surface area contributed by atoms with Gasteiger partial charge in [0.1, 0.15) is 11.3 Å². The number of aromatic hydroxyl groups is 1. The molecular weight excluding hydrogens is 171 g/mol. The number of phenols is 1. The fraction of sp³-hybridized carbons (Fsp3) is 0. The molecule has 0 spiro atoms. The summed E-state index contributed by atoms with van der Waals surface area (Å²) in [6.07, 6.45) is 0. The third-order valence-corrected chi connectivity index (χ3v) is 1.20. The molecule has 0 aromatic heterocycles. The molecule has 0 unspecified atom stereocenters. The van der Waals surface area contributed by atoms with Crippen LogP contribution in [0.3, 0.4) is 0 Å². The summed E-state index contributed by atoms with van der Waals surface area (Å²) in [6.45, 7) is 0. The monoisotopic (exact) mass is 176 g/mol. The van der Waals surface area contributed by atoms with Gasteiger partial charge in [0.25, 0.3) is 0 Å². The van der Waals surface area contributed by atoms with Gasteiger partial charge in [0.05, 0.1) is 0 Å². The van der Waals surface area contributed by atoms with Crippen molar-refractivity contribution in [2.45, 2.75) is 0 Å². The summed E-state index contributed by atoms with van der Waals surface area (Å²) >= 11 is 0. The maximum Gasteiger partial charge on any atom is 1.00 e. The zero-order valence-corrected chi connectivity index (χ0v) is 8.44. The van der Waals surface area contributed by atoms with Crippen LogP contribution in [0.4, 0.5) is 0 Å². The standard InChI is InChI=1S/C7H6O4.Na/c8-4-1-2-5(7(10)11)6(9)3-4;/h1-3,8-9H,(H,10,11);/q;+1/p-1. The maximum atomic E-state index is 10.5. The van der Waals surface area contributed by atoms with Crippen molar-refractivity contribution in [1.82, 2.24) is 0 Å². The van der Waals surface area contributed by atoms with E-state index in [9.17, 15) is 9.90 Å². The van der Waals surface area contributed by atoms with Crippen LogP contribution in [0, 0.1) is 0 Å². The van der Waals surface area contributed by atoms with Gasteiger partial charge in [-0.1, -0.05) is 6.07 Å². The van der Waals surface area contributed by atoms with E-state index in [1.807, 2.05) is 0 Å². The molecule has 0 atom stereocenters. The fourth-order valence-electron chi connectivity index (χ4n) is 0.692. The molecule has 0 saturated heterocycles. The quantitative estimate of drug-likeness (QED) is 0.452. The molecule has 0 heterocycles. The molecule has 5 heteroatoms. The minimum absolute atomic E-state index is 0. The number of benzene rings is 1. The Kier molecular flexibility index (Phi) is 4.09. The number of carboxylic acids is 1. The minimum atomic E-state index is -1.25. The van der Waals surface area contributed by atoms with E-state index < -0.39 is 17.5 Å². The smallest absolute Gasteiger partial charge is 0.872 e. The van der Waals surface area contributed by atoms with E-state index in [4.69, 9.17) is 10.2 Å². The van der Waals surface area contributed by atoms with Gasteiger partial charge in [-0.15, -0.1) is 5.75 Å². The third kappa shape index (κ3) is 2.41. The zero-order chi connectivity index (χ0) is 8.43. The summed E-state index contributed by atoms with van der Waals surface area (Å²) < 4.78 is 0. The second-order valence-electron chi connectivity index (χ2n) is 1.98. The van der Waals surface area contributed by atoms with Gasteiger partial charge in [-0.3, -0.25) is 0 Å². The number of carbonyl (C=O) groups is 1. The van der Waals surface area contributed by atoms with E-state index in [0.29, 0.717) is 0 Å². The van der Waals surface area contributed by atoms with Gasteiger partial charge in [-0.05, 0) is 12.1 Å².